The van der Waals surface area contributed by atoms with E-state index in [1.54, 1.807) is 0 Å². The Balaban J connectivity index is 1.96. The lowest BCUT2D eigenvalue weighted by Crippen LogP contribution is -2.31. The fourth-order valence-corrected chi connectivity index (χ4v) is 3.26. The van der Waals surface area contributed by atoms with Gasteiger partial charge < -0.3 is 5.32 Å². The van der Waals surface area contributed by atoms with Crippen LogP contribution in [-0.2, 0) is 4.79 Å². The molecule has 1 amide bonds. The lowest BCUT2D eigenvalue weighted by molar-refractivity contribution is -0.119. The molecule has 4 unspecified atom stereocenters. The van der Waals surface area contributed by atoms with Crippen LogP contribution in [-0.4, -0.2) is 11.9 Å². The molecule has 0 radical (unpaired) electrons. The minimum absolute atomic E-state index is 0.265. The second-order valence-corrected chi connectivity index (χ2v) is 5.26. The number of rotatable bonds is 1. The molecule has 2 aliphatic rings. The maximum absolute atomic E-state index is 11.3. The molecular formula is C12H21NO. The molecule has 0 bridgehead atoms. The molecule has 1 aliphatic carbocycles. The van der Waals surface area contributed by atoms with Gasteiger partial charge in [0.05, 0.1) is 0 Å². The zero-order chi connectivity index (χ0) is 10.1. The fourth-order valence-electron chi connectivity index (χ4n) is 3.26. The Morgan fingerprint density at radius 1 is 1.29 bits per heavy atom. The monoisotopic (exact) mass is 195 g/mol. The van der Waals surface area contributed by atoms with E-state index in [1.807, 2.05) is 0 Å². The summed E-state index contributed by atoms with van der Waals surface area (Å²) in [5.41, 5.74) is 0. The number of nitrogens with one attached hydrogen (secondary N) is 1. The predicted octanol–water partition coefficient (Wildman–Crippen LogP) is 2.34. The van der Waals surface area contributed by atoms with E-state index in [1.165, 1.54) is 25.7 Å². The summed E-state index contributed by atoms with van der Waals surface area (Å²) >= 11 is 0. The number of hydrogen-bond donors (Lipinski definition) is 1. The summed E-state index contributed by atoms with van der Waals surface area (Å²) in [5.74, 6) is 2.55. The molecule has 1 heterocycles. The average Bonchev–Trinajstić information content (AvgIpc) is 2.45. The van der Waals surface area contributed by atoms with Crippen molar-refractivity contribution in [1.82, 2.24) is 5.32 Å². The lowest BCUT2D eigenvalue weighted by Gasteiger charge is -2.32. The van der Waals surface area contributed by atoms with Crippen molar-refractivity contribution in [3.8, 4) is 0 Å². The second-order valence-electron chi connectivity index (χ2n) is 5.26. The maximum Gasteiger partial charge on any atom is 0.220 e. The highest BCUT2D eigenvalue weighted by atomic mass is 16.1. The van der Waals surface area contributed by atoms with Crippen LogP contribution in [0.4, 0.5) is 0 Å². The average molecular weight is 195 g/mol. The summed E-state index contributed by atoms with van der Waals surface area (Å²) in [6, 6.07) is 0.415. The van der Waals surface area contributed by atoms with Crippen molar-refractivity contribution < 1.29 is 4.79 Å². The molecule has 2 heteroatoms. The highest BCUT2D eigenvalue weighted by Crippen LogP contribution is 2.38. The molecule has 0 aromatic carbocycles. The van der Waals surface area contributed by atoms with Crippen LogP contribution in [0, 0.1) is 17.8 Å². The molecule has 1 saturated carbocycles. The molecule has 0 spiro atoms. The van der Waals surface area contributed by atoms with Gasteiger partial charge in [0.15, 0.2) is 0 Å². The van der Waals surface area contributed by atoms with Crippen molar-refractivity contribution in [2.75, 3.05) is 0 Å². The van der Waals surface area contributed by atoms with Crippen molar-refractivity contribution in [2.24, 2.45) is 17.8 Å². The van der Waals surface area contributed by atoms with E-state index in [9.17, 15) is 4.79 Å². The van der Waals surface area contributed by atoms with Crippen LogP contribution in [0.3, 0.4) is 0 Å². The predicted molar refractivity (Wildman–Crippen MR) is 56.8 cm³/mol. The first-order valence-electron chi connectivity index (χ1n) is 5.96. The normalized spacial score (nSPS) is 43.7. The van der Waals surface area contributed by atoms with Crippen molar-refractivity contribution >= 4 is 5.91 Å². The summed E-state index contributed by atoms with van der Waals surface area (Å²) in [7, 11) is 0. The Kier molecular flexibility index (Phi) is 2.80. The van der Waals surface area contributed by atoms with Gasteiger partial charge in [0, 0.05) is 12.5 Å². The van der Waals surface area contributed by atoms with Gasteiger partial charge in [0.1, 0.15) is 0 Å². The first kappa shape index (κ1) is 10.0. The molecule has 1 aliphatic heterocycles. The van der Waals surface area contributed by atoms with Crippen LogP contribution in [0.2, 0.25) is 0 Å². The van der Waals surface area contributed by atoms with Crippen LogP contribution in [0.5, 0.6) is 0 Å². The molecule has 80 valence electrons. The van der Waals surface area contributed by atoms with Crippen LogP contribution in [0.25, 0.3) is 0 Å². The molecule has 0 aromatic heterocycles. The third-order valence-corrected chi connectivity index (χ3v) is 4.03. The van der Waals surface area contributed by atoms with Gasteiger partial charge in [-0.2, -0.15) is 0 Å². The Bertz CT molecular complexity index is 226. The Labute approximate surface area is 86.5 Å². The molecule has 2 fully saturated rings. The van der Waals surface area contributed by atoms with Crippen molar-refractivity contribution in [3.05, 3.63) is 0 Å². The van der Waals surface area contributed by atoms with Gasteiger partial charge in [-0.1, -0.05) is 26.2 Å². The maximum atomic E-state index is 11.3. The summed E-state index contributed by atoms with van der Waals surface area (Å²) in [5, 5.41) is 3.04. The zero-order valence-electron chi connectivity index (χ0n) is 9.25. The molecule has 2 rings (SSSR count). The van der Waals surface area contributed by atoms with Gasteiger partial charge in [-0.05, 0) is 31.1 Å². The van der Waals surface area contributed by atoms with E-state index in [0.29, 0.717) is 12.0 Å². The van der Waals surface area contributed by atoms with Gasteiger partial charge in [-0.25, -0.2) is 0 Å². The van der Waals surface area contributed by atoms with E-state index in [4.69, 9.17) is 0 Å². The molecule has 0 aromatic rings. The number of carbonyl (C=O) groups is 1. The van der Waals surface area contributed by atoms with Crippen LogP contribution >= 0.6 is 0 Å². The Morgan fingerprint density at radius 2 is 2.07 bits per heavy atom. The first-order chi connectivity index (χ1) is 6.66. The minimum Gasteiger partial charge on any atom is -0.353 e. The standard InChI is InChI=1S/C12H21NO/c1-8-4-3-5-10(6-8)11-7-12(14)13-9(11)2/h8-11H,3-7H2,1-2H3,(H,13,14). The molecule has 1 N–H and O–H groups in total. The smallest absolute Gasteiger partial charge is 0.220 e. The summed E-state index contributed by atoms with van der Waals surface area (Å²) in [6.07, 6.45) is 6.21. The number of hydrogen-bond acceptors (Lipinski definition) is 1. The largest absolute Gasteiger partial charge is 0.353 e. The highest BCUT2D eigenvalue weighted by Gasteiger charge is 2.36. The number of amides is 1. The third-order valence-electron chi connectivity index (χ3n) is 4.03. The van der Waals surface area contributed by atoms with Crippen LogP contribution in [0.1, 0.15) is 46.0 Å². The summed E-state index contributed by atoms with van der Waals surface area (Å²) in [6.45, 7) is 4.51. The second kappa shape index (κ2) is 3.92. The van der Waals surface area contributed by atoms with Gasteiger partial charge in [0.2, 0.25) is 5.91 Å². The first-order valence-corrected chi connectivity index (χ1v) is 5.96. The zero-order valence-corrected chi connectivity index (χ0v) is 9.25. The van der Waals surface area contributed by atoms with E-state index < -0.39 is 0 Å². The third kappa shape index (κ3) is 1.94. The summed E-state index contributed by atoms with van der Waals surface area (Å²) in [4.78, 5) is 11.3. The molecule has 14 heavy (non-hydrogen) atoms. The van der Waals surface area contributed by atoms with E-state index in [2.05, 4.69) is 19.2 Å². The molecule has 1 saturated heterocycles. The van der Waals surface area contributed by atoms with Crippen LogP contribution in [0.15, 0.2) is 0 Å². The van der Waals surface area contributed by atoms with Gasteiger partial charge in [0.25, 0.3) is 0 Å². The molecule has 4 atom stereocenters. The highest BCUT2D eigenvalue weighted by molar-refractivity contribution is 5.78. The van der Waals surface area contributed by atoms with Crippen molar-refractivity contribution in [1.29, 1.82) is 0 Å². The van der Waals surface area contributed by atoms with E-state index in [0.717, 1.165) is 18.3 Å². The van der Waals surface area contributed by atoms with Gasteiger partial charge >= 0.3 is 0 Å². The SMILES string of the molecule is CC1CCCC(C2CC(=O)NC2C)C1. The Morgan fingerprint density at radius 3 is 2.64 bits per heavy atom. The van der Waals surface area contributed by atoms with Gasteiger partial charge in [-0.3, -0.25) is 4.79 Å². The van der Waals surface area contributed by atoms with Crippen molar-refractivity contribution in [3.63, 3.8) is 0 Å². The quantitative estimate of drug-likeness (QED) is 0.683. The van der Waals surface area contributed by atoms with Gasteiger partial charge in [-0.15, -0.1) is 0 Å². The lowest BCUT2D eigenvalue weighted by atomic mass is 9.73. The molecule has 2 nitrogen and oxygen atoms in total. The number of carbonyl (C=O) groups excluding carboxylic acids is 1. The summed E-state index contributed by atoms with van der Waals surface area (Å²) < 4.78 is 0. The van der Waals surface area contributed by atoms with Crippen LogP contribution < -0.4 is 5.32 Å². The Hall–Kier alpha value is -0.530. The topological polar surface area (TPSA) is 29.1 Å². The fraction of sp³-hybridized carbons (Fsp3) is 0.917. The minimum atomic E-state index is 0.265. The molecular weight excluding hydrogens is 174 g/mol. The van der Waals surface area contributed by atoms with Crippen molar-refractivity contribution in [2.45, 2.75) is 52.0 Å². The van der Waals surface area contributed by atoms with E-state index in [-0.39, 0.29) is 5.91 Å². The van der Waals surface area contributed by atoms with E-state index >= 15 is 0 Å².